The lowest BCUT2D eigenvalue weighted by Gasteiger charge is -2.15. The van der Waals surface area contributed by atoms with E-state index in [1.54, 1.807) is 0 Å². The molecule has 3 nitrogen and oxygen atoms in total. The molecule has 0 unspecified atom stereocenters. The van der Waals surface area contributed by atoms with E-state index in [1.165, 1.54) is 5.56 Å². The summed E-state index contributed by atoms with van der Waals surface area (Å²) in [5.41, 5.74) is 3.29. The Bertz CT molecular complexity index is 634. The normalized spacial score (nSPS) is 11.8. The highest BCUT2D eigenvalue weighted by atomic mass is 16.5. The van der Waals surface area contributed by atoms with E-state index in [0.717, 1.165) is 24.1 Å². The number of ether oxygens (including phenoxy) is 1. The average Bonchev–Trinajstić information content (AvgIpc) is 2.60. The second-order valence-electron chi connectivity index (χ2n) is 5.73. The molecule has 0 radical (unpaired) electrons. The summed E-state index contributed by atoms with van der Waals surface area (Å²) in [5.74, 6) is 0.988. The van der Waals surface area contributed by atoms with Gasteiger partial charge in [-0.05, 0) is 48.1 Å². The Hall–Kier alpha value is -2.29. The van der Waals surface area contributed by atoms with Crippen molar-refractivity contribution in [2.45, 2.75) is 39.5 Å². The van der Waals surface area contributed by atoms with Crippen LogP contribution in [0, 0.1) is 0 Å². The zero-order valence-electron chi connectivity index (χ0n) is 14.1. The van der Waals surface area contributed by atoms with E-state index in [-0.39, 0.29) is 12.5 Å². The van der Waals surface area contributed by atoms with Crippen LogP contribution in [0.4, 0.5) is 5.69 Å². The molecule has 0 saturated carbocycles. The number of para-hydroxylation sites is 1. The minimum Gasteiger partial charge on any atom is -0.484 e. The molecule has 0 heterocycles. The highest BCUT2D eigenvalue weighted by Crippen LogP contribution is 2.26. The third kappa shape index (κ3) is 4.85. The van der Waals surface area contributed by atoms with E-state index in [1.807, 2.05) is 42.5 Å². The predicted octanol–water partition coefficient (Wildman–Crippen LogP) is 4.78. The summed E-state index contributed by atoms with van der Waals surface area (Å²) in [6, 6.07) is 15.8. The lowest BCUT2D eigenvalue weighted by Crippen LogP contribution is -2.21. The zero-order chi connectivity index (χ0) is 16.7. The Morgan fingerprint density at radius 1 is 1.09 bits per heavy atom. The summed E-state index contributed by atoms with van der Waals surface area (Å²) in [5, 5.41) is 2.95. The molecule has 2 aromatic carbocycles. The summed E-state index contributed by atoms with van der Waals surface area (Å²) < 4.78 is 5.55. The first kappa shape index (κ1) is 17.1. The Balaban J connectivity index is 1.94. The summed E-state index contributed by atoms with van der Waals surface area (Å²) in [6.07, 6.45) is 2.03. The topological polar surface area (TPSA) is 38.3 Å². The van der Waals surface area contributed by atoms with Gasteiger partial charge in [0.15, 0.2) is 6.61 Å². The van der Waals surface area contributed by atoms with Crippen molar-refractivity contribution in [3.8, 4) is 5.75 Å². The number of amides is 1. The summed E-state index contributed by atoms with van der Waals surface area (Å²) in [4.78, 5) is 12.1. The Kier molecular flexibility index (Phi) is 6.21. The molecule has 1 atom stereocenters. The first-order chi connectivity index (χ1) is 11.1. The van der Waals surface area contributed by atoms with E-state index >= 15 is 0 Å². The van der Waals surface area contributed by atoms with Gasteiger partial charge in [0.05, 0.1) is 0 Å². The number of nitrogens with one attached hydrogen (secondary N) is 1. The van der Waals surface area contributed by atoms with Crippen LogP contribution in [-0.2, 0) is 11.2 Å². The lowest BCUT2D eigenvalue weighted by molar-refractivity contribution is -0.118. The smallest absolute Gasteiger partial charge is 0.262 e. The molecular formula is C20H25NO2. The number of carbonyl (C=O) groups is 1. The van der Waals surface area contributed by atoms with Crippen molar-refractivity contribution in [3.05, 3.63) is 59.7 Å². The Morgan fingerprint density at radius 2 is 1.78 bits per heavy atom. The third-order valence-electron chi connectivity index (χ3n) is 4.08. The molecule has 0 bridgehead atoms. The van der Waals surface area contributed by atoms with Crippen LogP contribution in [0.25, 0.3) is 0 Å². The zero-order valence-corrected chi connectivity index (χ0v) is 14.1. The lowest BCUT2D eigenvalue weighted by atomic mass is 9.97. The van der Waals surface area contributed by atoms with Crippen molar-refractivity contribution in [3.63, 3.8) is 0 Å². The number of hydrogen-bond donors (Lipinski definition) is 1. The molecule has 0 aliphatic carbocycles. The standard InChI is InChI=1S/C20H25NO2/c1-4-15(3)18-8-6-7-9-19(18)21-20(22)14-23-17-12-10-16(5-2)11-13-17/h6-13,15H,4-5,14H2,1-3H3,(H,21,22)/t15-/m0/s1. The molecule has 0 saturated heterocycles. The number of rotatable bonds is 7. The average molecular weight is 311 g/mol. The highest BCUT2D eigenvalue weighted by Gasteiger charge is 2.11. The second-order valence-corrected chi connectivity index (χ2v) is 5.73. The van der Waals surface area contributed by atoms with Gasteiger partial charge in [-0.3, -0.25) is 4.79 Å². The number of carbonyl (C=O) groups excluding carboxylic acids is 1. The molecule has 23 heavy (non-hydrogen) atoms. The molecule has 0 fully saturated rings. The van der Waals surface area contributed by atoms with Gasteiger partial charge in [0.25, 0.3) is 5.91 Å². The van der Waals surface area contributed by atoms with E-state index in [4.69, 9.17) is 4.74 Å². The Morgan fingerprint density at radius 3 is 2.43 bits per heavy atom. The van der Waals surface area contributed by atoms with Gasteiger partial charge in [0.1, 0.15) is 5.75 Å². The first-order valence-corrected chi connectivity index (χ1v) is 8.24. The van der Waals surface area contributed by atoms with Crippen LogP contribution in [0.2, 0.25) is 0 Å². The van der Waals surface area contributed by atoms with Gasteiger partial charge in [0, 0.05) is 5.69 Å². The second kappa shape index (κ2) is 8.37. The first-order valence-electron chi connectivity index (χ1n) is 8.24. The predicted molar refractivity (Wildman–Crippen MR) is 95.1 cm³/mol. The molecule has 0 aliphatic rings. The molecule has 0 spiro atoms. The minimum absolute atomic E-state index is 0.0142. The minimum atomic E-state index is -0.139. The third-order valence-corrected chi connectivity index (χ3v) is 4.08. The summed E-state index contributed by atoms with van der Waals surface area (Å²) in [6.45, 7) is 6.43. The molecule has 2 rings (SSSR count). The SMILES string of the molecule is CCc1ccc(OCC(=O)Nc2ccccc2[C@@H](C)CC)cc1. The fourth-order valence-corrected chi connectivity index (χ4v) is 2.42. The number of anilines is 1. The van der Waals surface area contributed by atoms with Gasteiger partial charge in [-0.25, -0.2) is 0 Å². The van der Waals surface area contributed by atoms with Crippen LogP contribution in [0.15, 0.2) is 48.5 Å². The maximum Gasteiger partial charge on any atom is 0.262 e. The van der Waals surface area contributed by atoms with Gasteiger partial charge in [0.2, 0.25) is 0 Å². The van der Waals surface area contributed by atoms with Crippen molar-refractivity contribution in [1.82, 2.24) is 0 Å². The number of hydrogen-bond acceptors (Lipinski definition) is 2. The van der Waals surface area contributed by atoms with Crippen molar-refractivity contribution in [1.29, 1.82) is 0 Å². The number of aryl methyl sites for hydroxylation is 1. The van der Waals surface area contributed by atoms with Crippen LogP contribution in [0.1, 0.15) is 44.2 Å². The molecule has 122 valence electrons. The fourth-order valence-electron chi connectivity index (χ4n) is 2.42. The van der Waals surface area contributed by atoms with Crippen molar-refractivity contribution in [2.24, 2.45) is 0 Å². The van der Waals surface area contributed by atoms with Crippen LogP contribution in [0.5, 0.6) is 5.75 Å². The summed E-state index contributed by atoms with van der Waals surface area (Å²) in [7, 11) is 0. The molecule has 1 amide bonds. The van der Waals surface area contributed by atoms with Gasteiger partial charge >= 0.3 is 0 Å². The molecule has 1 N–H and O–H groups in total. The van der Waals surface area contributed by atoms with Crippen molar-refractivity contribution < 1.29 is 9.53 Å². The van der Waals surface area contributed by atoms with Gasteiger partial charge < -0.3 is 10.1 Å². The fraction of sp³-hybridized carbons (Fsp3) is 0.350. The highest BCUT2D eigenvalue weighted by molar-refractivity contribution is 5.92. The largest absolute Gasteiger partial charge is 0.484 e. The van der Waals surface area contributed by atoms with E-state index in [0.29, 0.717) is 11.7 Å². The van der Waals surface area contributed by atoms with Crippen LogP contribution in [-0.4, -0.2) is 12.5 Å². The van der Waals surface area contributed by atoms with Crippen LogP contribution in [0.3, 0.4) is 0 Å². The quantitative estimate of drug-likeness (QED) is 0.799. The summed E-state index contributed by atoms with van der Waals surface area (Å²) >= 11 is 0. The van der Waals surface area contributed by atoms with E-state index < -0.39 is 0 Å². The van der Waals surface area contributed by atoms with Gasteiger partial charge in [-0.15, -0.1) is 0 Å². The Labute approximate surface area is 138 Å². The van der Waals surface area contributed by atoms with Crippen molar-refractivity contribution in [2.75, 3.05) is 11.9 Å². The molecule has 3 heteroatoms. The molecule has 0 aliphatic heterocycles. The monoisotopic (exact) mass is 311 g/mol. The van der Waals surface area contributed by atoms with Gasteiger partial charge in [-0.2, -0.15) is 0 Å². The van der Waals surface area contributed by atoms with E-state index in [2.05, 4.69) is 32.2 Å². The molecule has 0 aromatic heterocycles. The van der Waals surface area contributed by atoms with Crippen LogP contribution >= 0.6 is 0 Å². The maximum atomic E-state index is 12.1. The van der Waals surface area contributed by atoms with Gasteiger partial charge in [-0.1, -0.05) is 51.1 Å². The van der Waals surface area contributed by atoms with E-state index in [9.17, 15) is 4.79 Å². The molecule has 2 aromatic rings. The maximum absolute atomic E-state index is 12.1. The molecular weight excluding hydrogens is 286 g/mol. The number of benzene rings is 2. The van der Waals surface area contributed by atoms with Crippen LogP contribution < -0.4 is 10.1 Å². The van der Waals surface area contributed by atoms with Crippen molar-refractivity contribution >= 4 is 11.6 Å².